The lowest BCUT2D eigenvalue weighted by Crippen LogP contribution is -2.30. The minimum Gasteiger partial charge on any atom is -0.201 e. The first kappa shape index (κ1) is 5.56. The highest BCUT2D eigenvalue weighted by atomic mass is 14.9. The van der Waals surface area contributed by atoms with Crippen molar-refractivity contribution in [3.05, 3.63) is 53.7 Å². The Morgan fingerprint density at radius 3 is 2.83 bits per heavy atom. The van der Waals surface area contributed by atoms with E-state index in [1.165, 1.54) is 12.1 Å². The van der Waals surface area contributed by atoms with Crippen LogP contribution < -0.4 is 4.57 Å². The summed E-state index contributed by atoms with van der Waals surface area (Å²) in [4.78, 5) is 0. The fourth-order valence-corrected chi connectivity index (χ4v) is 1.98. The van der Waals surface area contributed by atoms with E-state index in [4.69, 9.17) is 12.3 Å². The molecule has 0 radical (unpaired) electrons. The van der Waals surface area contributed by atoms with Crippen molar-refractivity contribution >= 4 is 0 Å². The maximum atomic E-state index is 8.30. The van der Waals surface area contributed by atoms with Crippen molar-refractivity contribution in [1.29, 1.82) is 0 Å². The number of hydrogen-bond donors (Lipinski definition) is 0. The topological polar surface area (TPSA) is 3.88 Å². The van der Waals surface area contributed by atoms with E-state index in [0.29, 0.717) is 5.56 Å². The number of aromatic nitrogens is 1. The van der Waals surface area contributed by atoms with Crippen LogP contribution in [0.5, 0.6) is 0 Å². The van der Waals surface area contributed by atoms with Crippen LogP contribution >= 0.6 is 0 Å². The second kappa shape index (κ2) is 5.34. The molecular formula is C17H22N+. The monoisotopic (exact) mass is 249 g/mol. The quantitative estimate of drug-likeness (QED) is 0.731. The molecule has 0 atom stereocenters. The van der Waals surface area contributed by atoms with Crippen molar-refractivity contribution in [1.82, 2.24) is 0 Å². The van der Waals surface area contributed by atoms with Crippen molar-refractivity contribution in [3.8, 4) is 11.3 Å². The van der Waals surface area contributed by atoms with Gasteiger partial charge in [0.2, 0.25) is 5.69 Å². The van der Waals surface area contributed by atoms with Crippen molar-refractivity contribution in [2.24, 2.45) is 12.9 Å². The van der Waals surface area contributed by atoms with Crippen LogP contribution in [0.2, 0.25) is 0 Å². The molecule has 0 aliphatic carbocycles. The summed E-state index contributed by atoms with van der Waals surface area (Å²) >= 11 is 0. The zero-order valence-electron chi connectivity index (χ0n) is 19.5. The molecule has 1 aromatic carbocycles. The minimum absolute atomic E-state index is 0.149. The van der Waals surface area contributed by atoms with Crippen LogP contribution in [0.15, 0.2) is 42.6 Å². The van der Waals surface area contributed by atoms with Crippen LogP contribution in [0.1, 0.15) is 37.2 Å². The van der Waals surface area contributed by atoms with Gasteiger partial charge in [-0.3, -0.25) is 0 Å². The number of hydrogen-bond acceptors (Lipinski definition) is 0. The second-order valence-electron chi connectivity index (χ2n) is 4.23. The molecule has 0 bridgehead atoms. The molecule has 0 spiro atoms. The molecule has 2 rings (SSSR count). The van der Waals surface area contributed by atoms with Gasteiger partial charge in [-0.15, -0.1) is 0 Å². The van der Waals surface area contributed by atoms with Gasteiger partial charge in [-0.2, -0.15) is 0 Å². The Kier molecular flexibility index (Phi) is 1.65. The maximum Gasteiger partial charge on any atom is 0.212 e. The highest BCUT2D eigenvalue weighted by Crippen LogP contribution is 2.22. The van der Waals surface area contributed by atoms with Gasteiger partial charge in [0.15, 0.2) is 6.20 Å². The molecule has 0 aliphatic heterocycles. The van der Waals surface area contributed by atoms with E-state index in [1.54, 1.807) is 13.0 Å². The third-order valence-electron chi connectivity index (χ3n) is 2.83. The molecular weight excluding hydrogens is 218 g/mol. The van der Waals surface area contributed by atoms with E-state index in [1.807, 2.05) is 36.0 Å². The average molecular weight is 249 g/mol. The van der Waals surface area contributed by atoms with Gasteiger partial charge in [0, 0.05) is 30.0 Å². The molecule has 0 saturated carbocycles. The lowest BCUT2D eigenvalue weighted by Gasteiger charge is -2.09. The van der Waals surface area contributed by atoms with E-state index < -0.39 is 26.0 Å². The number of rotatable bonds is 3. The van der Waals surface area contributed by atoms with Gasteiger partial charge in [-0.1, -0.05) is 25.8 Å². The van der Waals surface area contributed by atoms with Crippen LogP contribution in [0.3, 0.4) is 0 Å². The van der Waals surface area contributed by atoms with Gasteiger partial charge >= 0.3 is 0 Å². The molecule has 0 N–H and O–H groups in total. The van der Waals surface area contributed by atoms with Crippen molar-refractivity contribution in [3.63, 3.8) is 0 Å². The number of pyridine rings is 1. The Balaban J connectivity index is 2.64. The largest absolute Gasteiger partial charge is 0.212 e. The first-order valence-electron chi connectivity index (χ1n) is 10.2. The van der Waals surface area contributed by atoms with Crippen LogP contribution in [0.4, 0.5) is 0 Å². The Labute approximate surface area is 123 Å². The van der Waals surface area contributed by atoms with E-state index in [2.05, 4.69) is 0 Å². The Bertz CT molecular complexity index is 823. The fourth-order valence-electron chi connectivity index (χ4n) is 1.98. The second-order valence-corrected chi connectivity index (χ2v) is 4.23. The molecule has 2 aromatic rings. The lowest BCUT2D eigenvalue weighted by molar-refractivity contribution is -0.660. The van der Waals surface area contributed by atoms with Crippen LogP contribution in [-0.2, 0) is 13.4 Å². The first-order chi connectivity index (χ1) is 12.1. The molecule has 0 amide bonds. The molecule has 0 saturated heterocycles. The standard InChI is InChI=1S/C17H22N/c1-13(2)11-15-8-9-16(14(3)12-15)17-7-5-6-10-18(17)4/h5-10,12-13H,11H2,1-4H3/q+1/i1D3,2D3,11D2,13D. The Hall–Kier alpha value is -1.63. The van der Waals surface area contributed by atoms with E-state index >= 15 is 0 Å². The summed E-state index contributed by atoms with van der Waals surface area (Å²) in [5.41, 5.74) is 2.17. The van der Waals surface area contributed by atoms with Gasteiger partial charge < -0.3 is 0 Å². The highest BCUT2D eigenvalue weighted by molar-refractivity contribution is 5.61. The predicted octanol–water partition coefficient (Wildman–Crippen LogP) is 3.69. The molecule has 94 valence electrons. The summed E-state index contributed by atoms with van der Waals surface area (Å²) in [7, 11) is 1.86. The molecule has 18 heavy (non-hydrogen) atoms. The number of aryl methyl sites for hydroxylation is 2. The molecule has 0 fully saturated rings. The SMILES string of the molecule is [2H]C([2H])([2H])C([2H])(C([2H])([2H])[2H])C([2H])([2H])c1ccc(-c2cccc[n+]2C)c(C)c1. The Morgan fingerprint density at radius 2 is 2.17 bits per heavy atom. The third-order valence-corrected chi connectivity index (χ3v) is 2.83. The maximum absolute atomic E-state index is 8.30. The highest BCUT2D eigenvalue weighted by Gasteiger charge is 2.11. The van der Waals surface area contributed by atoms with Crippen LogP contribution in [-0.4, -0.2) is 0 Å². The molecule has 1 aromatic heterocycles. The Morgan fingerprint density at radius 1 is 1.33 bits per heavy atom. The number of benzene rings is 1. The van der Waals surface area contributed by atoms with E-state index in [0.717, 1.165) is 11.3 Å². The van der Waals surface area contributed by atoms with Crippen LogP contribution in [0.25, 0.3) is 11.3 Å². The van der Waals surface area contributed by atoms with Gasteiger partial charge in [-0.25, -0.2) is 4.57 Å². The molecule has 0 aliphatic rings. The van der Waals surface area contributed by atoms with Crippen molar-refractivity contribution in [2.45, 2.75) is 27.0 Å². The van der Waals surface area contributed by atoms with Gasteiger partial charge in [0.1, 0.15) is 7.05 Å². The van der Waals surface area contributed by atoms with Gasteiger partial charge in [0.05, 0.1) is 0 Å². The molecule has 0 unspecified atom stereocenters. The van der Waals surface area contributed by atoms with Crippen molar-refractivity contribution < 1.29 is 16.9 Å². The lowest BCUT2D eigenvalue weighted by atomic mass is 9.97. The van der Waals surface area contributed by atoms with Crippen molar-refractivity contribution in [2.75, 3.05) is 0 Å². The predicted molar refractivity (Wildman–Crippen MR) is 76.3 cm³/mol. The minimum atomic E-state index is -3.35. The number of nitrogens with zero attached hydrogens (tertiary/aromatic N) is 1. The summed E-state index contributed by atoms with van der Waals surface area (Å²) in [6.07, 6.45) is -1.06. The summed E-state index contributed by atoms with van der Waals surface area (Å²) in [6, 6.07) is 10.0. The fraction of sp³-hybridized carbons (Fsp3) is 0.353. The third kappa shape index (κ3) is 2.79. The smallest absolute Gasteiger partial charge is 0.201 e. The molecule has 1 heterocycles. The van der Waals surface area contributed by atoms with E-state index in [-0.39, 0.29) is 5.56 Å². The van der Waals surface area contributed by atoms with Gasteiger partial charge in [0.25, 0.3) is 0 Å². The normalized spacial score (nSPS) is 21.1. The first-order valence-corrected chi connectivity index (χ1v) is 5.71. The van der Waals surface area contributed by atoms with Crippen LogP contribution in [0, 0.1) is 12.8 Å². The zero-order chi connectivity index (χ0) is 20.8. The zero-order valence-corrected chi connectivity index (χ0v) is 10.5. The summed E-state index contributed by atoms with van der Waals surface area (Å²) in [5.74, 6) is -3.31. The van der Waals surface area contributed by atoms with E-state index in [9.17, 15) is 0 Å². The molecule has 1 heteroatoms. The summed E-state index contributed by atoms with van der Waals surface area (Å²) in [5, 5.41) is 0. The molecule has 1 nitrogen and oxygen atoms in total. The van der Waals surface area contributed by atoms with Gasteiger partial charge in [-0.05, 0) is 42.5 Å². The average Bonchev–Trinajstić information content (AvgIpc) is 2.52. The summed E-state index contributed by atoms with van der Waals surface area (Å²) in [6.45, 7) is -4.96. The summed E-state index contributed by atoms with van der Waals surface area (Å²) < 4.78 is 72.0.